The number of esters is 1. The highest BCUT2D eigenvalue weighted by molar-refractivity contribution is 5.69. The minimum atomic E-state index is -0.790. The summed E-state index contributed by atoms with van der Waals surface area (Å²) in [4.78, 5) is 18.1. The summed E-state index contributed by atoms with van der Waals surface area (Å²) in [6, 6.07) is 15.9. The van der Waals surface area contributed by atoms with E-state index in [1.165, 1.54) is 17.7 Å². The lowest BCUT2D eigenvalue weighted by molar-refractivity contribution is -0.151. The van der Waals surface area contributed by atoms with Gasteiger partial charge in [0.1, 0.15) is 23.4 Å². The maximum absolute atomic E-state index is 13.7. The molecule has 0 saturated carbocycles. The van der Waals surface area contributed by atoms with Gasteiger partial charge in [0.2, 0.25) is 5.82 Å². The average Bonchev–Trinajstić information content (AvgIpc) is 3.36. The molecule has 3 N–H and O–H groups in total. The molecular formula is C27H29F2N7O2. The van der Waals surface area contributed by atoms with Gasteiger partial charge < -0.3 is 15.8 Å². The molecule has 0 unspecified atom stereocenters. The number of halogens is 2. The van der Waals surface area contributed by atoms with Crippen molar-refractivity contribution < 1.29 is 18.3 Å². The van der Waals surface area contributed by atoms with Gasteiger partial charge in [-0.2, -0.15) is 4.80 Å². The number of carbonyl (C=O) groups excluding carboxylic acids is 1. The number of nitrogens with one attached hydrogen (secondary N) is 1. The van der Waals surface area contributed by atoms with Crippen LogP contribution in [0.15, 0.2) is 66.9 Å². The van der Waals surface area contributed by atoms with Gasteiger partial charge in [0, 0.05) is 31.4 Å². The molecule has 0 aliphatic rings. The third-order valence-electron chi connectivity index (χ3n) is 5.85. The molecule has 2 atom stereocenters. The third kappa shape index (κ3) is 7.70. The van der Waals surface area contributed by atoms with Crippen molar-refractivity contribution in [3.05, 3.63) is 95.2 Å². The second kappa shape index (κ2) is 12.9. The predicted octanol–water partition coefficient (Wildman–Crippen LogP) is 2.85. The standard InChI is InChI=1S/C27H29F2N7O2/c1-2-18-6-5-7-19(10-18)15-31-16-25(23(30)13-20-11-21(28)14-22(29)12-20)38-26(37)17-36-34-27(33-35-36)24-8-3-4-9-32-24/h3-12,14,23,25,31H,2,13,15-17,30H2,1H3/t23-,25+/m0/s1. The molecule has 198 valence electrons. The van der Waals surface area contributed by atoms with E-state index in [9.17, 15) is 13.6 Å². The molecule has 38 heavy (non-hydrogen) atoms. The minimum Gasteiger partial charge on any atom is -0.458 e. The van der Waals surface area contributed by atoms with Gasteiger partial charge in [-0.25, -0.2) is 13.6 Å². The van der Waals surface area contributed by atoms with Crippen LogP contribution in [0.4, 0.5) is 8.78 Å². The summed E-state index contributed by atoms with van der Waals surface area (Å²) in [5, 5.41) is 15.3. The zero-order valence-corrected chi connectivity index (χ0v) is 20.9. The summed E-state index contributed by atoms with van der Waals surface area (Å²) in [6.07, 6.45) is 1.83. The zero-order chi connectivity index (χ0) is 26.9. The Morgan fingerprint density at radius 3 is 2.58 bits per heavy atom. The lowest BCUT2D eigenvalue weighted by atomic mass is 10.0. The number of pyridine rings is 1. The van der Waals surface area contributed by atoms with Gasteiger partial charge in [-0.1, -0.05) is 37.3 Å². The van der Waals surface area contributed by atoms with E-state index in [4.69, 9.17) is 10.5 Å². The van der Waals surface area contributed by atoms with Crippen molar-refractivity contribution >= 4 is 5.97 Å². The first-order chi connectivity index (χ1) is 18.4. The molecule has 0 radical (unpaired) electrons. The van der Waals surface area contributed by atoms with Gasteiger partial charge in [0.15, 0.2) is 6.54 Å². The van der Waals surface area contributed by atoms with Crippen LogP contribution in [0.1, 0.15) is 23.6 Å². The summed E-state index contributed by atoms with van der Waals surface area (Å²) in [5.74, 6) is -1.75. The van der Waals surface area contributed by atoms with Crippen LogP contribution >= 0.6 is 0 Å². The normalized spacial score (nSPS) is 12.7. The minimum absolute atomic E-state index is 0.102. The number of nitrogens with zero attached hydrogens (tertiary/aromatic N) is 5. The Balaban J connectivity index is 1.42. The fraction of sp³-hybridized carbons (Fsp3) is 0.296. The van der Waals surface area contributed by atoms with Crippen molar-refractivity contribution in [3.63, 3.8) is 0 Å². The predicted molar refractivity (Wildman–Crippen MR) is 136 cm³/mol. The van der Waals surface area contributed by atoms with Gasteiger partial charge in [-0.15, -0.1) is 10.2 Å². The lowest BCUT2D eigenvalue weighted by Crippen LogP contribution is -2.46. The van der Waals surface area contributed by atoms with Crippen LogP contribution in [-0.2, 0) is 35.5 Å². The second-order valence-corrected chi connectivity index (χ2v) is 8.84. The smallest absolute Gasteiger partial charge is 0.330 e. The van der Waals surface area contributed by atoms with Crippen molar-refractivity contribution in [1.29, 1.82) is 0 Å². The number of nitrogens with two attached hydrogens (primary N) is 1. The molecule has 11 heteroatoms. The first kappa shape index (κ1) is 27.0. The van der Waals surface area contributed by atoms with E-state index >= 15 is 0 Å². The molecule has 0 spiro atoms. The van der Waals surface area contributed by atoms with Crippen molar-refractivity contribution in [2.24, 2.45) is 5.73 Å². The summed E-state index contributed by atoms with van der Waals surface area (Å²) in [5.41, 5.74) is 9.54. The van der Waals surface area contributed by atoms with Crippen molar-refractivity contribution in [1.82, 2.24) is 30.5 Å². The molecule has 2 heterocycles. The highest BCUT2D eigenvalue weighted by Crippen LogP contribution is 2.13. The summed E-state index contributed by atoms with van der Waals surface area (Å²) < 4.78 is 33.1. The number of benzene rings is 2. The number of rotatable bonds is 12. The molecule has 9 nitrogen and oxygen atoms in total. The van der Waals surface area contributed by atoms with E-state index in [1.54, 1.807) is 24.4 Å². The first-order valence-electron chi connectivity index (χ1n) is 12.3. The second-order valence-electron chi connectivity index (χ2n) is 8.84. The Kier molecular flexibility index (Phi) is 9.17. The average molecular weight is 522 g/mol. The van der Waals surface area contributed by atoms with E-state index in [0.717, 1.165) is 22.8 Å². The quantitative estimate of drug-likeness (QED) is 0.273. The Hall–Kier alpha value is -4.09. The van der Waals surface area contributed by atoms with E-state index < -0.39 is 29.7 Å². The maximum Gasteiger partial charge on any atom is 0.330 e. The van der Waals surface area contributed by atoms with Gasteiger partial charge in [0.25, 0.3) is 0 Å². The van der Waals surface area contributed by atoms with Crippen molar-refractivity contribution in [2.45, 2.75) is 45.0 Å². The molecule has 0 saturated heterocycles. The van der Waals surface area contributed by atoms with Gasteiger partial charge in [-0.05, 0) is 59.0 Å². The highest BCUT2D eigenvalue weighted by atomic mass is 19.1. The molecule has 2 aromatic heterocycles. The van der Waals surface area contributed by atoms with Crippen LogP contribution in [0.25, 0.3) is 11.5 Å². The SMILES string of the molecule is CCc1cccc(CNC[C@@H](OC(=O)Cn2nnc(-c3ccccn3)n2)[C@@H](N)Cc2cc(F)cc(F)c2)c1. The molecule has 4 rings (SSSR count). The summed E-state index contributed by atoms with van der Waals surface area (Å²) in [7, 11) is 0. The number of aryl methyl sites for hydroxylation is 1. The Bertz CT molecular complexity index is 1330. The molecule has 0 bridgehead atoms. The van der Waals surface area contributed by atoms with E-state index in [1.807, 2.05) is 12.1 Å². The number of hydrogen-bond acceptors (Lipinski definition) is 8. The fourth-order valence-electron chi connectivity index (χ4n) is 3.96. The molecular weight excluding hydrogens is 492 g/mol. The van der Waals surface area contributed by atoms with Crippen LogP contribution in [0, 0.1) is 11.6 Å². The van der Waals surface area contributed by atoms with E-state index in [-0.39, 0.29) is 25.3 Å². The molecule has 0 fully saturated rings. The number of hydrogen-bond donors (Lipinski definition) is 2. The Labute approximate surface area is 219 Å². The Morgan fingerprint density at radius 2 is 1.84 bits per heavy atom. The number of ether oxygens (including phenoxy) is 1. The lowest BCUT2D eigenvalue weighted by Gasteiger charge is -2.25. The molecule has 2 aromatic carbocycles. The largest absolute Gasteiger partial charge is 0.458 e. The van der Waals surface area contributed by atoms with Crippen molar-refractivity contribution in [2.75, 3.05) is 6.54 Å². The topological polar surface area (TPSA) is 121 Å². The summed E-state index contributed by atoms with van der Waals surface area (Å²) in [6.45, 7) is 2.54. The summed E-state index contributed by atoms with van der Waals surface area (Å²) >= 11 is 0. The number of carbonyl (C=O) groups is 1. The first-order valence-corrected chi connectivity index (χ1v) is 12.3. The monoisotopic (exact) mass is 521 g/mol. The Morgan fingerprint density at radius 1 is 1.05 bits per heavy atom. The molecule has 0 amide bonds. The molecule has 0 aliphatic carbocycles. The maximum atomic E-state index is 13.7. The van der Waals surface area contributed by atoms with Crippen LogP contribution in [0.2, 0.25) is 0 Å². The highest BCUT2D eigenvalue weighted by Gasteiger charge is 2.24. The number of tetrazole rings is 1. The molecule has 0 aliphatic heterocycles. The number of aromatic nitrogens is 5. The zero-order valence-electron chi connectivity index (χ0n) is 20.9. The van der Waals surface area contributed by atoms with Crippen LogP contribution in [0.3, 0.4) is 0 Å². The van der Waals surface area contributed by atoms with Crippen LogP contribution < -0.4 is 11.1 Å². The van der Waals surface area contributed by atoms with Crippen molar-refractivity contribution in [3.8, 4) is 11.5 Å². The van der Waals surface area contributed by atoms with Crippen LogP contribution in [0.5, 0.6) is 0 Å². The fourth-order valence-corrected chi connectivity index (χ4v) is 3.96. The third-order valence-corrected chi connectivity index (χ3v) is 5.85. The van der Waals surface area contributed by atoms with Gasteiger partial charge in [-0.3, -0.25) is 4.98 Å². The van der Waals surface area contributed by atoms with E-state index in [2.05, 4.69) is 44.8 Å². The molecule has 4 aromatic rings. The van der Waals surface area contributed by atoms with Crippen LogP contribution in [-0.4, -0.2) is 49.9 Å². The van der Waals surface area contributed by atoms with E-state index in [0.29, 0.717) is 17.8 Å². The van der Waals surface area contributed by atoms with Gasteiger partial charge >= 0.3 is 5.97 Å². The van der Waals surface area contributed by atoms with Gasteiger partial charge in [0.05, 0.1) is 0 Å².